The Hall–Kier alpha value is -0.890. The molecule has 0 amide bonds. The van der Waals surface area contributed by atoms with E-state index in [2.05, 4.69) is 26.0 Å². The second-order valence-corrected chi connectivity index (χ2v) is 4.91. The Morgan fingerprint density at radius 3 is 2.17 bits per heavy atom. The Kier molecular flexibility index (Phi) is 7.66. The molecule has 0 radical (unpaired) electrons. The molecule has 18 heavy (non-hydrogen) atoms. The second kappa shape index (κ2) is 9.09. The number of nitrogens with zero attached hydrogens (tertiary/aromatic N) is 1. The van der Waals surface area contributed by atoms with E-state index in [1.54, 1.807) is 7.11 Å². The minimum absolute atomic E-state index is 0.761. The van der Waals surface area contributed by atoms with Crippen molar-refractivity contribution in [2.75, 3.05) is 13.7 Å². The normalized spacial score (nSPS) is 10.8. The molecular formula is C16H27NO. The first-order valence-corrected chi connectivity index (χ1v) is 7.27. The molecule has 0 saturated heterocycles. The van der Waals surface area contributed by atoms with Crippen LogP contribution in [0.4, 0.5) is 0 Å². The molecule has 0 aliphatic rings. The zero-order valence-corrected chi connectivity index (χ0v) is 12.2. The topological polar surface area (TPSA) is 22.1 Å². The Morgan fingerprint density at radius 1 is 0.944 bits per heavy atom. The molecule has 1 aromatic rings. The van der Waals surface area contributed by atoms with Gasteiger partial charge >= 0.3 is 0 Å². The molecule has 1 rings (SSSR count). The number of hydrogen-bond acceptors (Lipinski definition) is 2. The number of rotatable bonds is 9. The third kappa shape index (κ3) is 5.63. The summed E-state index contributed by atoms with van der Waals surface area (Å²) in [5.74, 6) is 0. The molecular weight excluding hydrogens is 222 g/mol. The molecule has 102 valence electrons. The number of unbranched alkanes of at least 4 members (excludes halogenated alkanes) is 2. The minimum Gasteiger partial charge on any atom is -0.384 e. The Labute approximate surface area is 112 Å². The zero-order valence-electron chi connectivity index (χ0n) is 12.2. The van der Waals surface area contributed by atoms with Crippen LogP contribution in [0.3, 0.4) is 0 Å². The van der Waals surface area contributed by atoms with Crippen molar-refractivity contribution < 1.29 is 4.74 Å². The van der Waals surface area contributed by atoms with Gasteiger partial charge in [-0.1, -0.05) is 26.7 Å². The SMILES string of the molecule is CCCCc1cc(CCCC)nc(CCOC)c1. The van der Waals surface area contributed by atoms with Crippen LogP contribution < -0.4 is 0 Å². The number of aromatic nitrogens is 1. The molecule has 2 heteroatoms. The Bertz CT molecular complexity index is 271. The lowest BCUT2D eigenvalue weighted by atomic mass is 10.0. The summed E-state index contributed by atoms with van der Waals surface area (Å²) in [5.41, 5.74) is 3.90. The van der Waals surface area contributed by atoms with E-state index in [1.807, 2.05) is 0 Å². The maximum absolute atomic E-state index is 5.15. The van der Waals surface area contributed by atoms with E-state index in [1.165, 1.54) is 49.1 Å². The maximum Gasteiger partial charge on any atom is 0.0517 e. The third-order valence-corrected chi connectivity index (χ3v) is 3.16. The number of methoxy groups -OCH3 is 1. The van der Waals surface area contributed by atoms with E-state index in [-0.39, 0.29) is 0 Å². The summed E-state index contributed by atoms with van der Waals surface area (Å²) in [7, 11) is 1.75. The third-order valence-electron chi connectivity index (χ3n) is 3.16. The fourth-order valence-corrected chi connectivity index (χ4v) is 2.06. The van der Waals surface area contributed by atoms with Gasteiger partial charge in [-0.3, -0.25) is 4.98 Å². The molecule has 1 aromatic heterocycles. The average Bonchev–Trinajstić information content (AvgIpc) is 2.40. The monoisotopic (exact) mass is 249 g/mol. The fraction of sp³-hybridized carbons (Fsp3) is 0.688. The fourth-order valence-electron chi connectivity index (χ4n) is 2.06. The van der Waals surface area contributed by atoms with Crippen molar-refractivity contribution in [1.29, 1.82) is 0 Å². The first-order chi connectivity index (χ1) is 8.80. The van der Waals surface area contributed by atoms with Crippen molar-refractivity contribution in [3.8, 4) is 0 Å². The summed E-state index contributed by atoms with van der Waals surface area (Å²) >= 11 is 0. The number of aryl methyl sites for hydroxylation is 2. The maximum atomic E-state index is 5.15. The van der Waals surface area contributed by atoms with Gasteiger partial charge in [-0.2, -0.15) is 0 Å². The van der Waals surface area contributed by atoms with Crippen molar-refractivity contribution in [1.82, 2.24) is 4.98 Å². The summed E-state index contributed by atoms with van der Waals surface area (Å²) in [6.45, 7) is 5.23. The molecule has 0 aliphatic carbocycles. The molecule has 0 N–H and O–H groups in total. The van der Waals surface area contributed by atoms with E-state index in [0.29, 0.717) is 0 Å². The van der Waals surface area contributed by atoms with Gasteiger partial charge in [-0.15, -0.1) is 0 Å². The molecule has 1 heterocycles. The lowest BCUT2D eigenvalue weighted by molar-refractivity contribution is 0.201. The quantitative estimate of drug-likeness (QED) is 0.661. The van der Waals surface area contributed by atoms with E-state index in [0.717, 1.165) is 19.4 Å². The van der Waals surface area contributed by atoms with Gasteiger partial charge in [0.05, 0.1) is 6.61 Å². The highest BCUT2D eigenvalue weighted by Gasteiger charge is 2.03. The molecule has 0 unspecified atom stereocenters. The van der Waals surface area contributed by atoms with E-state index in [9.17, 15) is 0 Å². The van der Waals surface area contributed by atoms with Crippen LogP contribution in [0.25, 0.3) is 0 Å². The zero-order chi connectivity index (χ0) is 13.2. The van der Waals surface area contributed by atoms with Gasteiger partial charge in [-0.25, -0.2) is 0 Å². The van der Waals surface area contributed by atoms with Gasteiger partial charge in [0.2, 0.25) is 0 Å². The van der Waals surface area contributed by atoms with Gasteiger partial charge < -0.3 is 4.74 Å². The van der Waals surface area contributed by atoms with Gasteiger partial charge in [-0.05, 0) is 43.4 Å². The van der Waals surface area contributed by atoms with Crippen LogP contribution in [0.1, 0.15) is 56.5 Å². The second-order valence-electron chi connectivity index (χ2n) is 4.91. The lowest BCUT2D eigenvalue weighted by Gasteiger charge is -2.08. The summed E-state index contributed by atoms with van der Waals surface area (Å²) in [6, 6.07) is 4.55. The summed E-state index contributed by atoms with van der Waals surface area (Å²) in [4.78, 5) is 4.74. The van der Waals surface area contributed by atoms with Gasteiger partial charge in [0.25, 0.3) is 0 Å². The highest BCUT2D eigenvalue weighted by molar-refractivity contribution is 5.22. The summed E-state index contributed by atoms with van der Waals surface area (Å²) in [5, 5.41) is 0. The van der Waals surface area contributed by atoms with Crippen LogP contribution in [-0.4, -0.2) is 18.7 Å². The molecule has 0 bridgehead atoms. The first kappa shape index (κ1) is 15.2. The predicted molar refractivity (Wildman–Crippen MR) is 77.0 cm³/mol. The highest BCUT2D eigenvalue weighted by atomic mass is 16.5. The molecule has 0 aromatic carbocycles. The van der Waals surface area contributed by atoms with Crippen molar-refractivity contribution in [2.45, 2.75) is 58.8 Å². The van der Waals surface area contributed by atoms with E-state index in [4.69, 9.17) is 9.72 Å². The summed E-state index contributed by atoms with van der Waals surface area (Å²) in [6.07, 6.45) is 8.19. The molecule has 0 saturated carbocycles. The van der Waals surface area contributed by atoms with Gasteiger partial charge in [0.1, 0.15) is 0 Å². The van der Waals surface area contributed by atoms with Crippen molar-refractivity contribution >= 4 is 0 Å². The van der Waals surface area contributed by atoms with E-state index >= 15 is 0 Å². The molecule has 0 aliphatic heterocycles. The van der Waals surface area contributed by atoms with Crippen LogP contribution in [0.5, 0.6) is 0 Å². The van der Waals surface area contributed by atoms with E-state index < -0.39 is 0 Å². The average molecular weight is 249 g/mol. The van der Waals surface area contributed by atoms with Gasteiger partial charge in [0, 0.05) is 24.9 Å². The van der Waals surface area contributed by atoms with Crippen LogP contribution in [0, 0.1) is 0 Å². The summed E-state index contributed by atoms with van der Waals surface area (Å²) < 4.78 is 5.15. The van der Waals surface area contributed by atoms with Crippen LogP contribution in [0.2, 0.25) is 0 Å². The number of hydrogen-bond donors (Lipinski definition) is 0. The van der Waals surface area contributed by atoms with Crippen molar-refractivity contribution in [2.24, 2.45) is 0 Å². The van der Waals surface area contributed by atoms with Crippen LogP contribution in [-0.2, 0) is 24.0 Å². The largest absolute Gasteiger partial charge is 0.384 e. The van der Waals surface area contributed by atoms with Crippen molar-refractivity contribution in [3.05, 3.63) is 29.1 Å². The molecule has 2 nitrogen and oxygen atoms in total. The van der Waals surface area contributed by atoms with Crippen LogP contribution in [0.15, 0.2) is 12.1 Å². The lowest BCUT2D eigenvalue weighted by Crippen LogP contribution is -2.03. The molecule has 0 atom stereocenters. The predicted octanol–water partition coefficient (Wildman–Crippen LogP) is 3.96. The highest BCUT2D eigenvalue weighted by Crippen LogP contribution is 2.12. The first-order valence-electron chi connectivity index (χ1n) is 7.27. The van der Waals surface area contributed by atoms with Crippen molar-refractivity contribution in [3.63, 3.8) is 0 Å². The Balaban J connectivity index is 2.74. The van der Waals surface area contributed by atoms with Crippen LogP contribution >= 0.6 is 0 Å². The smallest absolute Gasteiger partial charge is 0.0517 e. The van der Waals surface area contributed by atoms with Gasteiger partial charge in [0.15, 0.2) is 0 Å². The molecule has 0 fully saturated rings. The number of pyridine rings is 1. The number of ether oxygens (including phenoxy) is 1. The minimum atomic E-state index is 0.761. The molecule has 0 spiro atoms. The Morgan fingerprint density at radius 2 is 1.56 bits per heavy atom. The standard InChI is InChI=1S/C16H27NO/c1-4-6-8-14-12-15(9-7-5-2)17-16(13-14)10-11-18-3/h12-13H,4-11H2,1-3H3.